The Balaban J connectivity index is 1.60. The Hall–Kier alpha value is -3.42. The van der Waals surface area contributed by atoms with Crippen LogP contribution in [0.15, 0.2) is 40.9 Å². The van der Waals surface area contributed by atoms with Crippen molar-refractivity contribution in [3.8, 4) is 11.3 Å². The molecule has 1 fully saturated rings. The van der Waals surface area contributed by atoms with Crippen LogP contribution in [-0.4, -0.2) is 56.7 Å². The molecule has 1 aliphatic heterocycles. The topological polar surface area (TPSA) is 84.5 Å². The van der Waals surface area contributed by atoms with Gasteiger partial charge in [0, 0.05) is 70.0 Å². The zero-order valence-corrected chi connectivity index (χ0v) is 20.0. The molecule has 0 aliphatic carbocycles. The van der Waals surface area contributed by atoms with E-state index in [1.165, 1.54) is 0 Å². The SMILES string of the molecule is CC(=O)N1CC[C@](Cc2cc(-c3ccccc3)no2)(C(=O)N(C)Cc2c(C)nn(C)c2C)C1. The van der Waals surface area contributed by atoms with E-state index in [1.807, 2.05) is 69.0 Å². The molecule has 174 valence electrons. The first kappa shape index (κ1) is 22.8. The molecule has 3 aromatic rings. The maximum atomic E-state index is 13.8. The minimum absolute atomic E-state index is 0.00608. The number of aromatic nitrogens is 3. The Morgan fingerprint density at radius 1 is 1.21 bits per heavy atom. The molecule has 1 aromatic carbocycles. The lowest BCUT2D eigenvalue weighted by atomic mass is 9.80. The summed E-state index contributed by atoms with van der Waals surface area (Å²) in [5.41, 5.74) is 3.96. The second-order valence-corrected chi connectivity index (χ2v) is 9.13. The molecule has 1 saturated heterocycles. The molecular weight excluding hydrogens is 418 g/mol. The fraction of sp³-hybridized carbons (Fsp3) is 0.440. The minimum Gasteiger partial charge on any atom is -0.361 e. The number of nitrogens with zero attached hydrogens (tertiary/aromatic N) is 5. The van der Waals surface area contributed by atoms with Crippen LogP contribution in [0.1, 0.15) is 36.1 Å². The maximum absolute atomic E-state index is 13.8. The molecule has 2 amide bonds. The maximum Gasteiger partial charge on any atom is 0.231 e. The second-order valence-electron chi connectivity index (χ2n) is 9.13. The van der Waals surface area contributed by atoms with Crippen LogP contribution in [0.25, 0.3) is 11.3 Å². The number of carbonyl (C=O) groups is 2. The number of carbonyl (C=O) groups excluding carboxylic acids is 2. The number of rotatable bonds is 6. The van der Waals surface area contributed by atoms with Crippen molar-refractivity contribution in [2.45, 2.75) is 40.2 Å². The van der Waals surface area contributed by atoms with Crippen molar-refractivity contribution in [2.24, 2.45) is 12.5 Å². The van der Waals surface area contributed by atoms with Gasteiger partial charge in [0.15, 0.2) is 0 Å². The zero-order chi connectivity index (χ0) is 23.8. The number of likely N-dealkylation sites (tertiary alicyclic amines) is 1. The number of amides is 2. The van der Waals surface area contributed by atoms with Gasteiger partial charge in [-0.1, -0.05) is 35.5 Å². The van der Waals surface area contributed by atoms with Crippen LogP contribution in [0.3, 0.4) is 0 Å². The second kappa shape index (κ2) is 8.84. The lowest BCUT2D eigenvalue weighted by molar-refractivity contribution is -0.141. The lowest BCUT2D eigenvalue weighted by Gasteiger charge is -2.32. The fourth-order valence-corrected chi connectivity index (χ4v) is 4.77. The van der Waals surface area contributed by atoms with Crippen molar-refractivity contribution in [1.29, 1.82) is 0 Å². The molecule has 33 heavy (non-hydrogen) atoms. The van der Waals surface area contributed by atoms with Crippen LogP contribution >= 0.6 is 0 Å². The van der Waals surface area contributed by atoms with Gasteiger partial charge in [-0.2, -0.15) is 5.10 Å². The first-order valence-corrected chi connectivity index (χ1v) is 11.2. The molecule has 0 spiro atoms. The van der Waals surface area contributed by atoms with Crippen molar-refractivity contribution in [2.75, 3.05) is 20.1 Å². The van der Waals surface area contributed by atoms with Gasteiger partial charge < -0.3 is 14.3 Å². The number of aryl methyl sites for hydroxylation is 2. The average Bonchev–Trinajstić information content (AvgIpc) is 3.50. The number of hydrogen-bond donors (Lipinski definition) is 0. The van der Waals surface area contributed by atoms with Crippen molar-refractivity contribution in [3.05, 3.63) is 59.1 Å². The van der Waals surface area contributed by atoms with Crippen molar-refractivity contribution < 1.29 is 14.1 Å². The van der Waals surface area contributed by atoms with Crippen LogP contribution in [0.4, 0.5) is 0 Å². The first-order valence-electron chi connectivity index (χ1n) is 11.2. The third-order valence-electron chi connectivity index (χ3n) is 6.79. The van der Waals surface area contributed by atoms with E-state index in [9.17, 15) is 9.59 Å². The minimum atomic E-state index is -0.752. The Kier molecular flexibility index (Phi) is 6.10. The summed E-state index contributed by atoms with van der Waals surface area (Å²) in [6.45, 7) is 6.92. The van der Waals surface area contributed by atoms with E-state index in [4.69, 9.17) is 4.52 Å². The van der Waals surface area contributed by atoms with E-state index >= 15 is 0 Å². The predicted octanol–water partition coefficient (Wildman–Crippen LogP) is 3.13. The number of benzene rings is 1. The van der Waals surface area contributed by atoms with E-state index in [2.05, 4.69) is 10.3 Å². The zero-order valence-electron chi connectivity index (χ0n) is 20.0. The Labute approximate surface area is 194 Å². The van der Waals surface area contributed by atoms with Gasteiger partial charge in [-0.05, 0) is 20.3 Å². The van der Waals surface area contributed by atoms with Gasteiger partial charge in [-0.15, -0.1) is 0 Å². The summed E-state index contributed by atoms with van der Waals surface area (Å²) >= 11 is 0. The van der Waals surface area contributed by atoms with E-state index in [0.29, 0.717) is 38.2 Å². The lowest BCUT2D eigenvalue weighted by Crippen LogP contribution is -2.45. The summed E-state index contributed by atoms with van der Waals surface area (Å²) in [4.78, 5) is 29.5. The van der Waals surface area contributed by atoms with Crippen LogP contribution in [0.5, 0.6) is 0 Å². The average molecular weight is 450 g/mol. The van der Waals surface area contributed by atoms with Crippen molar-refractivity contribution in [3.63, 3.8) is 0 Å². The predicted molar refractivity (Wildman–Crippen MR) is 124 cm³/mol. The highest BCUT2D eigenvalue weighted by Gasteiger charge is 2.47. The van der Waals surface area contributed by atoms with E-state index < -0.39 is 5.41 Å². The fourth-order valence-electron chi connectivity index (χ4n) is 4.77. The largest absolute Gasteiger partial charge is 0.361 e. The molecule has 2 aromatic heterocycles. The van der Waals surface area contributed by atoms with Crippen LogP contribution in [0, 0.1) is 19.3 Å². The van der Waals surface area contributed by atoms with Gasteiger partial charge in [0.25, 0.3) is 0 Å². The summed E-state index contributed by atoms with van der Waals surface area (Å²) in [5, 5.41) is 8.70. The smallest absolute Gasteiger partial charge is 0.231 e. The third-order valence-corrected chi connectivity index (χ3v) is 6.79. The van der Waals surface area contributed by atoms with Crippen LogP contribution in [0.2, 0.25) is 0 Å². The Morgan fingerprint density at radius 2 is 1.94 bits per heavy atom. The van der Waals surface area contributed by atoms with Gasteiger partial charge in [0.05, 0.1) is 11.1 Å². The molecule has 1 atom stereocenters. The number of hydrogen-bond acceptors (Lipinski definition) is 5. The van der Waals surface area contributed by atoms with Crippen LogP contribution in [-0.2, 0) is 29.6 Å². The normalized spacial score (nSPS) is 18.0. The molecule has 8 nitrogen and oxygen atoms in total. The third kappa shape index (κ3) is 4.42. The summed E-state index contributed by atoms with van der Waals surface area (Å²) in [6.07, 6.45) is 0.979. The van der Waals surface area contributed by atoms with E-state index in [0.717, 1.165) is 28.2 Å². The van der Waals surface area contributed by atoms with Gasteiger partial charge in [-0.25, -0.2) is 0 Å². The molecule has 0 saturated carbocycles. The molecule has 0 unspecified atom stereocenters. The molecule has 0 radical (unpaired) electrons. The monoisotopic (exact) mass is 449 g/mol. The molecule has 0 bridgehead atoms. The van der Waals surface area contributed by atoms with Crippen molar-refractivity contribution in [1.82, 2.24) is 24.7 Å². The molecule has 4 rings (SSSR count). The summed E-state index contributed by atoms with van der Waals surface area (Å²) < 4.78 is 7.49. The summed E-state index contributed by atoms with van der Waals surface area (Å²) in [7, 11) is 3.73. The van der Waals surface area contributed by atoms with E-state index in [1.54, 1.807) is 16.7 Å². The molecule has 0 N–H and O–H groups in total. The van der Waals surface area contributed by atoms with E-state index in [-0.39, 0.29) is 11.8 Å². The summed E-state index contributed by atoms with van der Waals surface area (Å²) in [6, 6.07) is 11.7. The van der Waals surface area contributed by atoms with Crippen molar-refractivity contribution >= 4 is 11.8 Å². The van der Waals surface area contributed by atoms with Gasteiger partial charge in [0.1, 0.15) is 11.5 Å². The Morgan fingerprint density at radius 3 is 2.55 bits per heavy atom. The first-order chi connectivity index (χ1) is 15.7. The summed E-state index contributed by atoms with van der Waals surface area (Å²) in [5.74, 6) is 0.634. The van der Waals surface area contributed by atoms with Gasteiger partial charge in [-0.3, -0.25) is 14.3 Å². The highest BCUT2D eigenvalue weighted by Crippen LogP contribution is 2.37. The highest BCUT2D eigenvalue weighted by molar-refractivity contribution is 5.85. The standard InChI is InChI=1S/C25H31N5O3/c1-17-22(18(2)29(5)26-17)15-28(4)24(32)25(11-12-30(16-25)19(3)31)14-21-13-23(27-33-21)20-9-7-6-8-10-20/h6-10,13H,11-12,14-16H2,1-5H3/t25-/m1/s1. The molecular formula is C25H31N5O3. The highest BCUT2D eigenvalue weighted by atomic mass is 16.5. The van der Waals surface area contributed by atoms with Crippen LogP contribution < -0.4 is 0 Å². The van der Waals surface area contributed by atoms with Gasteiger partial charge >= 0.3 is 0 Å². The molecule has 3 heterocycles. The molecule has 1 aliphatic rings. The molecule has 8 heteroatoms. The van der Waals surface area contributed by atoms with Gasteiger partial charge in [0.2, 0.25) is 11.8 Å². The Bertz CT molecular complexity index is 1170. The quantitative estimate of drug-likeness (QED) is 0.577.